The largest absolute Gasteiger partial charge is 0.325 e. The number of guanidine groups is 1. The van der Waals surface area contributed by atoms with Crippen LogP contribution in [0, 0.1) is 17.4 Å². The highest BCUT2D eigenvalue weighted by Gasteiger charge is 2.06. The second-order valence-corrected chi connectivity index (χ2v) is 8.58. The Hall–Kier alpha value is -2.80. The number of hydrogen-bond donors (Lipinski definition) is 2. The van der Waals surface area contributed by atoms with Gasteiger partial charge in [-0.2, -0.15) is 5.26 Å². The second kappa shape index (κ2) is 14.2. The van der Waals surface area contributed by atoms with Gasteiger partial charge in [-0.15, -0.1) is 0 Å². The molecule has 2 rings (SSSR count). The number of unbranched alkanes of at least 4 members (excludes halogenated alkanes) is 4. The molecular formula is C27H38N4. The minimum absolute atomic E-state index is 0.531. The molecule has 0 aliphatic carbocycles. The van der Waals surface area contributed by atoms with Gasteiger partial charge in [-0.3, -0.25) is 10.3 Å². The van der Waals surface area contributed by atoms with Crippen LogP contribution >= 0.6 is 0 Å². The highest BCUT2D eigenvalue weighted by molar-refractivity contribution is 5.95. The van der Waals surface area contributed by atoms with E-state index < -0.39 is 0 Å². The number of anilines is 1. The molecule has 0 fully saturated rings. The van der Waals surface area contributed by atoms with Crippen molar-refractivity contribution in [2.45, 2.75) is 72.1 Å². The highest BCUT2D eigenvalue weighted by Crippen LogP contribution is 2.18. The number of nitrogens with zero attached hydrogens (tertiary/aromatic N) is 2. The Morgan fingerprint density at radius 2 is 1.65 bits per heavy atom. The van der Waals surface area contributed by atoms with Gasteiger partial charge in [0.05, 0.1) is 0 Å². The minimum atomic E-state index is 0.531. The maximum atomic E-state index is 9.10. The topological polar surface area (TPSA) is 60.2 Å². The Balaban J connectivity index is 1.95. The number of aryl methyl sites for hydroxylation is 2. The maximum absolute atomic E-state index is 9.10. The quantitative estimate of drug-likeness (QED) is 0.136. The van der Waals surface area contributed by atoms with E-state index in [1.807, 2.05) is 12.3 Å². The van der Waals surface area contributed by atoms with Crippen LogP contribution in [-0.4, -0.2) is 12.5 Å². The van der Waals surface area contributed by atoms with Gasteiger partial charge < -0.3 is 5.32 Å². The summed E-state index contributed by atoms with van der Waals surface area (Å²) >= 11 is 0. The van der Waals surface area contributed by atoms with E-state index in [4.69, 9.17) is 5.26 Å². The Morgan fingerprint density at radius 1 is 0.935 bits per heavy atom. The molecule has 0 spiro atoms. The van der Waals surface area contributed by atoms with Crippen molar-refractivity contribution in [1.82, 2.24) is 5.32 Å². The number of nitrogens with one attached hydrogen (secondary N) is 2. The van der Waals surface area contributed by atoms with E-state index in [1.54, 1.807) is 0 Å². The molecule has 0 unspecified atom stereocenters. The third-order valence-electron chi connectivity index (χ3n) is 5.33. The molecule has 0 saturated heterocycles. The third kappa shape index (κ3) is 9.70. The predicted molar refractivity (Wildman–Crippen MR) is 132 cm³/mol. The van der Waals surface area contributed by atoms with Crippen LogP contribution in [0.4, 0.5) is 5.69 Å². The predicted octanol–water partition coefficient (Wildman–Crippen LogP) is 6.48. The van der Waals surface area contributed by atoms with Gasteiger partial charge in [0.25, 0.3) is 0 Å². The molecule has 2 aromatic carbocycles. The van der Waals surface area contributed by atoms with E-state index in [-0.39, 0.29) is 0 Å². The van der Waals surface area contributed by atoms with Gasteiger partial charge in [0.2, 0.25) is 5.96 Å². The van der Waals surface area contributed by atoms with Crippen molar-refractivity contribution >= 4 is 11.6 Å². The van der Waals surface area contributed by atoms with Gasteiger partial charge in [0.15, 0.2) is 6.19 Å². The molecule has 0 radical (unpaired) electrons. The molecule has 2 aromatic rings. The van der Waals surface area contributed by atoms with Gasteiger partial charge in [0, 0.05) is 12.2 Å². The van der Waals surface area contributed by atoms with Crippen molar-refractivity contribution in [2.24, 2.45) is 10.9 Å². The molecule has 31 heavy (non-hydrogen) atoms. The molecule has 0 amide bonds. The van der Waals surface area contributed by atoms with E-state index in [2.05, 4.69) is 78.9 Å². The number of rotatable bonds is 12. The maximum Gasteiger partial charge on any atom is 0.209 e. The van der Waals surface area contributed by atoms with E-state index in [9.17, 15) is 0 Å². The molecular weight excluding hydrogens is 380 g/mol. The highest BCUT2D eigenvalue weighted by atomic mass is 15.2. The van der Waals surface area contributed by atoms with E-state index in [0.717, 1.165) is 37.9 Å². The lowest BCUT2D eigenvalue weighted by Crippen LogP contribution is -2.27. The Bertz CT molecular complexity index is 831. The summed E-state index contributed by atoms with van der Waals surface area (Å²) in [5.41, 5.74) is 4.98. The van der Waals surface area contributed by atoms with Gasteiger partial charge >= 0.3 is 0 Å². The first-order chi connectivity index (χ1) is 15.1. The van der Waals surface area contributed by atoms with Gasteiger partial charge in [0.1, 0.15) is 0 Å². The monoisotopic (exact) mass is 418 g/mol. The summed E-state index contributed by atoms with van der Waals surface area (Å²) in [4.78, 5) is 4.57. The summed E-state index contributed by atoms with van der Waals surface area (Å²) in [6.45, 7) is 7.45. The van der Waals surface area contributed by atoms with Crippen LogP contribution in [0.2, 0.25) is 0 Å². The Labute approximate surface area is 188 Å². The lowest BCUT2D eigenvalue weighted by atomic mass is 9.99. The first-order valence-corrected chi connectivity index (χ1v) is 11.7. The SMILES string of the molecule is CCCCCCCN=C(NC#N)Nc1ccccc1CCc1ccc(CC(C)C)cc1. The fourth-order valence-electron chi connectivity index (χ4n) is 3.65. The van der Waals surface area contributed by atoms with Gasteiger partial charge in [-0.05, 0) is 54.4 Å². The van der Waals surface area contributed by atoms with Crippen LogP contribution in [-0.2, 0) is 19.3 Å². The molecule has 0 aliphatic rings. The summed E-state index contributed by atoms with van der Waals surface area (Å²) in [6.07, 6.45) is 11.0. The molecule has 0 bridgehead atoms. The zero-order chi connectivity index (χ0) is 22.3. The fraction of sp³-hybridized carbons (Fsp3) is 0.481. The number of benzene rings is 2. The van der Waals surface area contributed by atoms with Crippen LogP contribution < -0.4 is 10.6 Å². The van der Waals surface area contributed by atoms with Crippen molar-refractivity contribution < 1.29 is 0 Å². The fourth-order valence-corrected chi connectivity index (χ4v) is 3.65. The Morgan fingerprint density at radius 3 is 2.35 bits per heavy atom. The molecule has 0 aromatic heterocycles. The molecule has 2 N–H and O–H groups in total. The van der Waals surface area contributed by atoms with Crippen LogP contribution in [0.25, 0.3) is 0 Å². The standard InChI is InChI=1S/C27H38N4/c1-4-5-6-7-10-19-29-27(30-21-28)31-26-12-9-8-11-25(26)18-17-23-13-15-24(16-14-23)20-22(2)3/h8-9,11-16,22H,4-7,10,17-20H2,1-3H3,(H2,29,30,31). The van der Waals surface area contributed by atoms with Crippen molar-refractivity contribution in [3.8, 4) is 6.19 Å². The summed E-state index contributed by atoms with van der Waals surface area (Å²) in [5, 5.41) is 15.1. The van der Waals surface area contributed by atoms with Crippen LogP contribution in [0.5, 0.6) is 0 Å². The lowest BCUT2D eigenvalue weighted by Gasteiger charge is -2.13. The summed E-state index contributed by atoms with van der Waals surface area (Å²) in [5.74, 6) is 1.21. The summed E-state index contributed by atoms with van der Waals surface area (Å²) < 4.78 is 0. The van der Waals surface area contributed by atoms with Crippen molar-refractivity contribution in [3.05, 3.63) is 65.2 Å². The van der Waals surface area contributed by atoms with E-state index >= 15 is 0 Å². The molecule has 166 valence electrons. The Kier molecular flexibility index (Phi) is 11.2. The second-order valence-electron chi connectivity index (χ2n) is 8.58. The van der Waals surface area contributed by atoms with E-state index in [1.165, 1.54) is 42.4 Å². The summed E-state index contributed by atoms with van der Waals surface area (Å²) in [6, 6.07) is 17.3. The summed E-state index contributed by atoms with van der Waals surface area (Å²) in [7, 11) is 0. The lowest BCUT2D eigenvalue weighted by molar-refractivity contribution is 0.638. The van der Waals surface area contributed by atoms with Crippen molar-refractivity contribution in [2.75, 3.05) is 11.9 Å². The number of para-hydroxylation sites is 1. The van der Waals surface area contributed by atoms with E-state index in [0.29, 0.717) is 11.9 Å². The molecule has 0 saturated carbocycles. The first kappa shape index (κ1) is 24.5. The van der Waals surface area contributed by atoms with Crippen molar-refractivity contribution in [3.63, 3.8) is 0 Å². The molecule has 4 heteroatoms. The average molecular weight is 419 g/mol. The van der Waals surface area contributed by atoms with Crippen molar-refractivity contribution in [1.29, 1.82) is 5.26 Å². The average Bonchev–Trinajstić information content (AvgIpc) is 2.76. The zero-order valence-corrected chi connectivity index (χ0v) is 19.5. The molecule has 0 aliphatic heterocycles. The number of nitriles is 1. The number of hydrogen-bond acceptors (Lipinski definition) is 2. The van der Waals surface area contributed by atoms with Gasteiger partial charge in [-0.1, -0.05) is 88.9 Å². The minimum Gasteiger partial charge on any atom is -0.325 e. The normalized spacial score (nSPS) is 11.4. The van der Waals surface area contributed by atoms with Gasteiger partial charge in [-0.25, -0.2) is 0 Å². The number of aliphatic imine (C=N–C) groups is 1. The molecule has 0 atom stereocenters. The zero-order valence-electron chi connectivity index (χ0n) is 19.5. The first-order valence-electron chi connectivity index (χ1n) is 11.7. The third-order valence-corrected chi connectivity index (χ3v) is 5.33. The molecule has 0 heterocycles. The van der Waals surface area contributed by atoms with Crippen LogP contribution in [0.15, 0.2) is 53.5 Å². The van der Waals surface area contributed by atoms with Crippen LogP contribution in [0.3, 0.4) is 0 Å². The smallest absolute Gasteiger partial charge is 0.209 e. The molecule has 4 nitrogen and oxygen atoms in total. The van der Waals surface area contributed by atoms with Crippen LogP contribution in [0.1, 0.15) is 69.6 Å².